The minimum absolute atomic E-state index is 0.182. The van der Waals surface area contributed by atoms with Gasteiger partial charge in [0.05, 0.1) is 11.9 Å². The summed E-state index contributed by atoms with van der Waals surface area (Å²) in [5, 5.41) is 11.8. The number of benzene rings is 1. The fourth-order valence-electron chi connectivity index (χ4n) is 1.77. The maximum absolute atomic E-state index is 12.9. The molecule has 0 fully saturated rings. The van der Waals surface area contributed by atoms with Crippen molar-refractivity contribution in [3.05, 3.63) is 47.8 Å². The van der Waals surface area contributed by atoms with E-state index in [0.717, 1.165) is 0 Å². The van der Waals surface area contributed by atoms with Crippen molar-refractivity contribution in [3.8, 4) is 11.5 Å². The third-order valence-corrected chi connectivity index (χ3v) is 2.89. The van der Waals surface area contributed by atoms with Crippen LogP contribution in [0.2, 0.25) is 0 Å². The second-order valence-electron chi connectivity index (χ2n) is 4.65. The van der Waals surface area contributed by atoms with E-state index in [0.29, 0.717) is 29.5 Å². The highest BCUT2D eigenvalue weighted by Gasteiger charge is 2.11. The van der Waals surface area contributed by atoms with Gasteiger partial charge in [-0.05, 0) is 31.2 Å². The predicted octanol–water partition coefficient (Wildman–Crippen LogP) is 1.54. The largest absolute Gasteiger partial charge is 0.334 e. The SMILES string of the molecule is CC(N)c1cn(Cc2noc(-c3ccc(F)cc3)n2)nn1. The minimum atomic E-state index is -0.315. The van der Waals surface area contributed by atoms with Crippen molar-refractivity contribution >= 4 is 0 Å². The van der Waals surface area contributed by atoms with E-state index in [2.05, 4.69) is 20.5 Å². The molecule has 0 saturated heterocycles. The van der Waals surface area contributed by atoms with Crippen LogP contribution < -0.4 is 5.73 Å². The van der Waals surface area contributed by atoms with Crippen LogP contribution in [0, 0.1) is 5.82 Å². The highest BCUT2D eigenvalue weighted by atomic mass is 19.1. The molecule has 2 N–H and O–H groups in total. The molecule has 0 saturated carbocycles. The zero-order valence-electron chi connectivity index (χ0n) is 11.3. The van der Waals surface area contributed by atoms with Gasteiger partial charge >= 0.3 is 0 Å². The predicted molar refractivity (Wildman–Crippen MR) is 71.4 cm³/mol. The fraction of sp³-hybridized carbons (Fsp3) is 0.231. The molecule has 8 heteroatoms. The van der Waals surface area contributed by atoms with Crippen LogP contribution in [-0.4, -0.2) is 25.1 Å². The molecule has 1 atom stereocenters. The van der Waals surface area contributed by atoms with Gasteiger partial charge in [0.25, 0.3) is 5.89 Å². The zero-order valence-corrected chi connectivity index (χ0v) is 11.3. The molecule has 1 aromatic carbocycles. The Bertz CT molecular complexity index is 733. The Morgan fingerprint density at radius 2 is 2.10 bits per heavy atom. The molecule has 2 heterocycles. The Morgan fingerprint density at radius 3 is 2.76 bits per heavy atom. The Labute approximate surface area is 119 Å². The van der Waals surface area contributed by atoms with Crippen molar-refractivity contribution < 1.29 is 8.91 Å². The zero-order chi connectivity index (χ0) is 14.8. The van der Waals surface area contributed by atoms with Gasteiger partial charge in [-0.25, -0.2) is 9.07 Å². The molecular weight excluding hydrogens is 275 g/mol. The lowest BCUT2D eigenvalue weighted by Crippen LogP contribution is -2.05. The lowest BCUT2D eigenvalue weighted by molar-refractivity contribution is 0.418. The van der Waals surface area contributed by atoms with Gasteiger partial charge in [0, 0.05) is 11.6 Å². The second-order valence-corrected chi connectivity index (χ2v) is 4.65. The Balaban J connectivity index is 1.76. The number of nitrogens with zero attached hydrogens (tertiary/aromatic N) is 5. The third kappa shape index (κ3) is 2.95. The number of hydrogen-bond donors (Lipinski definition) is 1. The molecule has 0 aliphatic heterocycles. The van der Waals surface area contributed by atoms with Crippen LogP contribution in [0.25, 0.3) is 11.5 Å². The fourth-order valence-corrected chi connectivity index (χ4v) is 1.77. The normalized spacial score (nSPS) is 12.5. The number of aromatic nitrogens is 5. The van der Waals surface area contributed by atoms with Gasteiger partial charge in [-0.2, -0.15) is 4.98 Å². The van der Waals surface area contributed by atoms with Crippen LogP contribution in [0.1, 0.15) is 24.5 Å². The summed E-state index contributed by atoms with van der Waals surface area (Å²) in [7, 11) is 0. The first-order valence-corrected chi connectivity index (χ1v) is 6.36. The minimum Gasteiger partial charge on any atom is -0.334 e. The first-order valence-electron chi connectivity index (χ1n) is 6.36. The summed E-state index contributed by atoms with van der Waals surface area (Å²) in [6, 6.07) is 5.66. The van der Waals surface area contributed by atoms with Crippen LogP contribution in [0.5, 0.6) is 0 Å². The second kappa shape index (κ2) is 5.41. The number of halogens is 1. The quantitative estimate of drug-likeness (QED) is 0.782. The van der Waals surface area contributed by atoms with Crippen molar-refractivity contribution in [1.82, 2.24) is 25.1 Å². The summed E-state index contributed by atoms with van der Waals surface area (Å²) in [5.41, 5.74) is 7.07. The van der Waals surface area contributed by atoms with Gasteiger partial charge in [0.15, 0.2) is 5.82 Å². The van der Waals surface area contributed by atoms with Gasteiger partial charge in [0.1, 0.15) is 12.4 Å². The van der Waals surface area contributed by atoms with Crippen molar-refractivity contribution in [1.29, 1.82) is 0 Å². The molecule has 0 spiro atoms. The maximum atomic E-state index is 12.9. The lowest BCUT2D eigenvalue weighted by atomic mass is 10.2. The van der Waals surface area contributed by atoms with E-state index in [1.165, 1.54) is 12.1 Å². The number of rotatable bonds is 4. The van der Waals surface area contributed by atoms with Crippen LogP contribution >= 0.6 is 0 Å². The Morgan fingerprint density at radius 1 is 1.33 bits per heavy atom. The molecule has 1 unspecified atom stereocenters. The van der Waals surface area contributed by atoms with Gasteiger partial charge in [-0.3, -0.25) is 0 Å². The van der Waals surface area contributed by atoms with Gasteiger partial charge in [-0.15, -0.1) is 5.10 Å². The molecule has 0 bridgehead atoms. The van der Waals surface area contributed by atoms with E-state index in [4.69, 9.17) is 10.3 Å². The van der Waals surface area contributed by atoms with E-state index >= 15 is 0 Å². The third-order valence-electron chi connectivity index (χ3n) is 2.89. The average molecular weight is 288 g/mol. The Kier molecular flexibility index (Phi) is 3.44. The van der Waals surface area contributed by atoms with E-state index in [1.807, 2.05) is 6.92 Å². The van der Waals surface area contributed by atoms with Crippen molar-refractivity contribution in [2.45, 2.75) is 19.5 Å². The summed E-state index contributed by atoms with van der Waals surface area (Å²) < 4.78 is 19.6. The molecule has 0 amide bonds. The van der Waals surface area contributed by atoms with Gasteiger partial charge < -0.3 is 10.3 Å². The summed E-state index contributed by atoms with van der Waals surface area (Å²) in [6.07, 6.45) is 1.73. The summed E-state index contributed by atoms with van der Waals surface area (Å²) in [6.45, 7) is 2.15. The molecule has 3 aromatic rings. The van der Waals surface area contributed by atoms with Crippen molar-refractivity contribution in [3.63, 3.8) is 0 Å². The monoisotopic (exact) mass is 288 g/mol. The summed E-state index contributed by atoms with van der Waals surface area (Å²) >= 11 is 0. The molecule has 108 valence electrons. The van der Waals surface area contributed by atoms with Crippen LogP contribution in [-0.2, 0) is 6.54 Å². The van der Waals surface area contributed by atoms with Gasteiger partial charge in [-0.1, -0.05) is 10.4 Å². The standard InChI is InChI=1S/C13H13FN6O/c1-8(15)11-6-20(19-17-11)7-12-16-13(21-18-12)9-2-4-10(14)5-3-9/h2-6,8H,7,15H2,1H3. The molecule has 0 radical (unpaired) electrons. The van der Waals surface area contributed by atoms with Crippen LogP contribution in [0.15, 0.2) is 35.0 Å². The van der Waals surface area contributed by atoms with Crippen molar-refractivity contribution in [2.75, 3.05) is 0 Å². The van der Waals surface area contributed by atoms with Crippen LogP contribution in [0.4, 0.5) is 4.39 Å². The molecule has 3 rings (SSSR count). The smallest absolute Gasteiger partial charge is 0.257 e. The average Bonchev–Trinajstić information content (AvgIpc) is 3.10. The molecular formula is C13H13FN6O. The molecule has 7 nitrogen and oxygen atoms in total. The topological polar surface area (TPSA) is 95.7 Å². The lowest BCUT2D eigenvalue weighted by Gasteiger charge is -1.96. The first kappa shape index (κ1) is 13.4. The molecule has 21 heavy (non-hydrogen) atoms. The number of hydrogen-bond acceptors (Lipinski definition) is 6. The van der Waals surface area contributed by atoms with E-state index in [9.17, 15) is 4.39 Å². The number of nitrogens with two attached hydrogens (primary N) is 1. The Hall–Kier alpha value is -2.61. The first-order chi connectivity index (χ1) is 10.1. The molecule has 2 aromatic heterocycles. The van der Waals surface area contributed by atoms with E-state index in [-0.39, 0.29) is 11.9 Å². The molecule has 0 aliphatic rings. The highest BCUT2D eigenvalue weighted by molar-refractivity contribution is 5.52. The molecule has 0 aliphatic carbocycles. The van der Waals surface area contributed by atoms with Gasteiger partial charge in [0.2, 0.25) is 0 Å². The van der Waals surface area contributed by atoms with E-state index in [1.54, 1.807) is 23.0 Å². The van der Waals surface area contributed by atoms with E-state index < -0.39 is 0 Å². The summed E-state index contributed by atoms with van der Waals surface area (Å²) in [5.74, 6) is 0.470. The highest BCUT2D eigenvalue weighted by Crippen LogP contribution is 2.17. The van der Waals surface area contributed by atoms with Crippen LogP contribution in [0.3, 0.4) is 0 Å². The maximum Gasteiger partial charge on any atom is 0.257 e. The summed E-state index contributed by atoms with van der Waals surface area (Å²) in [4.78, 5) is 4.24. The van der Waals surface area contributed by atoms with Crippen molar-refractivity contribution in [2.24, 2.45) is 5.73 Å².